The second-order valence-corrected chi connectivity index (χ2v) is 3.48. The van der Waals surface area contributed by atoms with E-state index in [1.54, 1.807) is 6.92 Å². The van der Waals surface area contributed by atoms with Gasteiger partial charge in [-0.15, -0.1) is 0 Å². The zero-order valence-electron chi connectivity index (χ0n) is 9.89. The van der Waals surface area contributed by atoms with Crippen molar-refractivity contribution in [3.63, 3.8) is 0 Å². The number of pyridine rings is 1. The van der Waals surface area contributed by atoms with Crippen molar-refractivity contribution in [1.82, 2.24) is 4.98 Å². The van der Waals surface area contributed by atoms with E-state index in [-0.39, 0.29) is 0 Å². The number of rotatable bonds is 2. The van der Waals surface area contributed by atoms with Gasteiger partial charge in [0.05, 0.1) is 5.69 Å². The topological polar surface area (TPSA) is 108 Å². The van der Waals surface area contributed by atoms with E-state index >= 15 is 0 Å². The normalized spacial score (nSPS) is 9.12. The summed E-state index contributed by atoms with van der Waals surface area (Å²) < 4.78 is 0. The number of carboxylic acids is 2. The Bertz CT molecular complexity index is 393. The highest BCUT2D eigenvalue weighted by Crippen LogP contribution is 2.18. The molecule has 0 atom stereocenters. The number of aromatic hydroxyl groups is 1. The van der Waals surface area contributed by atoms with E-state index in [2.05, 4.69) is 4.98 Å². The molecule has 94 valence electrons. The summed E-state index contributed by atoms with van der Waals surface area (Å²) in [5.41, 5.74) is 2.55. The van der Waals surface area contributed by atoms with Gasteiger partial charge in [-0.25, -0.2) is 0 Å². The molecular formula is C11H15NO5. The minimum Gasteiger partial charge on any atom is -0.506 e. The van der Waals surface area contributed by atoms with Crippen LogP contribution in [0.3, 0.4) is 0 Å². The van der Waals surface area contributed by atoms with Crippen LogP contribution in [-0.4, -0.2) is 32.2 Å². The number of aryl methyl sites for hydroxylation is 3. The summed E-state index contributed by atoms with van der Waals surface area (Å²) in [6.45, 7) is 5.59. The zero-order valence-corrected chi connectivity index (χ0v) is 9.89. The third-order valence-corrected chi connectivity index (χ3v) is 1.79. The van der Waals surface area contributed by atoms with E-state index in [1.165, 1.54) is 0 Å². The SMILES string of the molecule is Cc1cc(C)c(O)c(C)n1.O=C(O)CC(=O)O. The van der Waals surface area contributed by atoms with Crippen LogP contribution >= 0.6 is 0 Å². The molecule has 0 aliphatic heterocycles. The molecule has 0 unspecified atom stereocenters. The Kier molecular flexibility index (Phi) is 5.66. The minimum absolute atomic E-state index is 0.311. The fraction of sp³-hybridized carbons (Fsp3) is 0.364. The summed E-state index contributed by atoms with van der Waals surface area (Å²) >= 11 is 0. The lowest BCUT2D eigenvalue weighted by molar-refractivity contribution is -0.147. The number of aromatic nitrogens is 1. The summed E-state index contributed by atoms with van der Waals surface area (Å²) in [5.74, 6) is -2.31. The Morgan fingerprint density at radius 1 is 1.18 bits per heavy atom. The van der Waals surface area contributed by atoms with Crippen LogP contribution in [0.1, 0.15) is 23.4 Å². The van der Waals surface area contributed by atoms with E-state index in [1.807, 2.05) is 19.9 Å². The number of hydrogen-bond acceptors (Lipinski definition) is 4. The zero-order chi connectivity index (χ0) is 13.6. The molecule has 0 amide bonds. The maximum atomic E-state index is 9.43. The quantitative estimate of drug-likeness (QED) is 0.673. The molecule has 0 spiro atoms. The molecule has 0 aliphatic rings. The molecular weight excluding hydrogens is 226 g/mol. The monoisotopic (exact) mass is 241 g/mol. The van der Waals surface area contributed by atoms with Gasteiger partial charge >= 0.3 is 11.9 Å². The second-order valence-electron chi connectivity index (χ2n) is 3.48. The molecule has 0 bridgehead atoms. The van der Waals surface area contributed by atoms with Gasteiger partial charge in [0, 0.05) is 5.69 Å². The van der Waals surface area contributed by atoms with Crippen LogP contribution in [-0.2, 0) is 9.59 Å². The van der Waals surface area contributed by atoms with Gasteiger partial charge < -0.3 is 15.3 Å². The largest absolute Gasteiger partial charge is 0.506 e. The number of carboxylic acid groups (broad SMARTS) is 2. The van der Waals surface area contributed by atoms with E-state index in [0.717, 1.165) is 11.3 Å². The van der Waals surface area contributed by atoms with Crippen molar-refractivity contribution >= 4 is 11.9 Å². The highest BCUT2D eigenvalue weighted by Gasteiger charge is 2.01. The molecule has 0 radical (unpaired) electrons. The third-order valence-electron chi connectivity index (χ3n) is 1.79. The Morgan fingerprint density at radius 2 is 1.65 bits per heavy atom. The molecule has 0 aromatic carbocycles. The van der Waals surface area contributed by atoms with Gasteiger partial charge in [-0.2, -0.15) is 0 Å². The predicted octanol–water partition coefficient (Wildman–Crippen LogP) is 1.26. The maximum Gasteiger partial charge on any atom is 0.314 e. The number of carbonyl (C=O) groups is 2. The molecule has 17 heavy (non-hydrogen) atoms. The van der Waals surface area contributed by atoms with Crippen molar-refractivity contribution in [2.45, 2.75) is 27.2 Å². The van der Waals surface area contributed by atoms with Gasteiger partial charge in [0.25, 0.3) is 0 Å². The lowest BCUT2D eigenvalue weighted by Gasteiger charge is -2.02. The summed E-state index contributed by atoms with van der Waals surface area (Å²) in [6.07, 6.45) is -0.806. The first kappa shape index (κ1) is 14.9. The van der Waals surface area contributed by atoms with E-state index in [0.29, 0.717) is 11.4 Å². The van der Waals surface area contributed by atoms with E-state index in [9.17, 15) is 14.7 Å². The molecule has 1 aromatic rings. The van der Waals surface area contributed by atoms with Gasteiger partial charge in [-0.1, -0.05) is 0 Å². The summed E-state index contributed by atoms with van der Waals surface area (Å²) in [6, 6.07) is 1.86. The van der Waals surface area contributed by atoms with Crippen LogP contribution in [0.25, 0.3) is 0 Å². The minimum atomic E-state index is -1.31. The first-order valence-electron chi connectivity index (χ1n) is 4.81. The molecule has 6 nitrogen and oxygen atoms in total. The fourth-order valence-electron chi connectivity index (χ4n) is 1.15. The second kappa shape index (κ2) is 6.47. The standard InChI is InChI=1S/C8H11NO.C3H4O4/c1-5-4-6(2)9-7(3)8(5)10;4-2(5)1-3(6)7/h4,10H,1-3H3;1H2,(H,4,5)(H,6,7). The Balaban J connectivity index is 0.000000325. The average molecular weight is 241 g/mol. The Hall–Kier alpha value is -2.11. The van der Waals surface area contributed by atoms with E-state index < -0.39 is 18.4 Å². The van der Waals surface area contributed by atoms with Gasteiger partial charge in [0.15, 0.2) is 0 Å². The maximum absolute atomic E-state index is 9.43. The highest BCUT2D eigenvalue weighted by molar-refractivity contribution is 5.88. The van der Waals surface area contributed by atoms with Crippen molar-refractivity contribution in [3.05, 3.63) is 23.0 Å². The van der Waals surface area contributed by atoms with Crippen LogP contribution in [0.4, 0.5) is 0 Å². The van der Waals surface area contributed by atoms with Crippen molar-refractivity contribution in [1.29, 1.82) is 0 Å². The van der Waals surface area contributed by atoms with E-state index in [4.69, 9.17) is 10.2 Å². The van der Waals surface area contributed by atoms with Gasteiger partial charge in [-0.05, 0) is 32.4 Å². The van der Waals surface area contributed by atoms with Crippen LogP contribution in [0, 0.1) is 20.8 Å². The summed E-state index contributed by atoms with van der Waals surface area (Å²) in [5, 5.41) is 24.7. The molecule has 0 saturated heterocycles. The van der Waals surface area contributed by atoms with Gasteiger partial charge in [0.1, 0.15) is 12.2 Å². The Labute approximate surface area is 98.6 Å². The first-order chi connectivity index (χ1) is 7.73. The molecule has 3 N–H and O–H groups in total. The third kappa shape index (κ3) is 6.14. The van der Waals surface area contributed by atoms with Crippen LogP contribution in [0.15, 0.2) is 6.07 Å². The molecule has 0 aliphatic carbocycles. The van der Waals surface area contributed by atoms with Crippen LogP contribution in [0.5, 0.6) is 5.75 Å². The summed E-state index contributed by atoms with van der Waals surface area (Å²) in [4.78, 5) is 22.9. The van der Waals surface area contributed by atoms with Crippen molar-refractivity contribution in [2.75, 3.05) is 0 Å². The summed E-state index contributed by atoms with van der Waals surface area (Å²) in [7, 11) is 0. The van der Waals surface area contributed by atoms with Crippen LogP contribution in [0.2, 0.25) is 0 Å². The highest BCUT2D eigenvalue weighted by atomic mass is 16.4. The first-order valence-corrected chi connectivity index (χ1v) is 4.81. The fourth-order valence-corrected chi connectivity index (χ4v) is 1.15. The molecule has 1 heterocycles. The molecule has 1 rings (SSSR count). The molecule has 6 heteroatoms. The van der Waals surface area contributed by atoms with Crippen molar-refractivity contribution in [2.24, 2.45) is 0 Å². The smallest absolute Gasteiger partial charge is 0.314 e. The molecule has 0 fully saturated rings. The van der Waals surface area contributed by atoms with Crippen molar-refractivity contribution < 1.29 is 24.9 Å². The van der Waals surface area contributed by atoms with Gasteiger partial charge in [0.2, 0.25) is 0 Å². The Morgan fingerprint density at radius 3 is 1.94 bits per heavy atom. The van der Waals surface area contributed by atoms with Crippen LogP contribution < -0.4 is 0 Å². The number of aliphatic carboxylic acids is 2. The molecule has 1 aromatic heterocycles. The van der Waals surface area contributed by atoms with Crippen molar-refractivity contribution in [3.8, 4) is 5.75 Å². The number of hydrogen-bond donors (Lipinski definition) is 3. The molecule has 0 saturated carbocycles. The lowest BCUT2D eigenvalue weighted by Crippen LogP contribution is -2.03. The predicted molar refractivity (Wildman–Crippen MR) is 60.0 cm³/mol. The average Bonchev–Trinajstić information content (AvgIpc) is 2.12. The number of nitrogens with zero attached hydrogens (tertiary/aromatic N) is 1. The lowest BCUT2D eigenvalue weighted by atomic mass is 10.2. The van der Waals surface area contributed by atoms with Gasteiger partial charge in [-0.3, -0.25) is 14.6 Å².